The number of thiophene rings is 1. The minimum Gasteiger partial charge on any atom is -0.385 e. The molecule has 0 amide bonds. The van der Waals surface area contributed by atoms with Gasteiger partial charge in [0, 0.05) is 28.5 Å². The molecule has 2 rings (SSSR count). The molecular formula is C11H16BrNOS. The third-order valence-corrected chi connectivity index (χ3v) is 4.95. The van der Waals surface area contributed by atoms with Crippen LogP contribution in [-0.2, 0) is 5.60 Å². The van der Waals surface area contributed by atoms with E-state index < -0.39 is 5.60 Å². The molecule has 1 saturated heterocycles. The predicted molar refractivity (Wildman–Crippen MR) is 67.3 cm³/mol. The van der Waals surface area contributed by atoms with Crippen LogP contribution in [-0.4, -0.2) is 29.6 Å². The summed E-state index contributed by atoms with van der Waals surface area (Å²) >= 11 is 5.15. The van der Waals surface area contributed by atoms with E-state index in [1.54, 1.807) is 11.3 Å². The number of halogens is 1. The molecule has 1 N–H and O–H groups in total. The first-order valence-corrected chi connectivity index (χ1v) is 7.06. The largest absolute Gasteiger partial charge is 0.385 e. The summed E-state index contributed by atoms with van der Waals surface area (Å²) in [4.78, 5) is 2.38. The fourth-order valence-electron chi connectivity index (χ4n) is 2.12. The summed E-state index contributed by atoms with van der Waals surface area (Å²) < 4.78 is 1.06. The van der Waals surface area contributed by atoms with Crippen LogP contribution in [0.5, 0.6) is 0 Å². The van der Waals surface area contributed by atoms with Crippen molar-refractivity contribution in [2.75, 3.05) is 19.6 Å². The number of hydrogen-bond donors (Lipinski definition) is 1. The summed E-state index contributed by atoms with van der Waals surface area (Å²) in [5, 5.41) is 14.7. The summed E-state index contributed by atoms with van der Waals surface area (Å²) in [5.41, 5.74) is 0.466. The molecule has 0 spiro atoms. The van der Waals surface area contributed by atoms with Crippen LogP contribution in [0.2, 0.25) is 0 Å². The van der Waals surface area contributed by atoms with Gasteiger partial charge >= 0.3 is 0 Å². The van der Waals surface area contributed by atoms with E-state index in [2.05, 4.69) is 33.1 Å². The number of likely N-dealkylation sites (tertiary alicyclic amines) is 1. The van der Waals surface area contributed by atoms with E-state index in [1.807, 2.05) is 5.38 Å². The van der Waals surface area contributed by atoms with Gasteiger partial charge in [0.05, 0.1) is 5.60 Å². The smallest absolute Gasteiger partial charge is 0.0939 e. The van der Waals surface area contributed by atoms with Crippen LogP contribution in [0.4, 0.5) is 0 Å². The average Bonchev–Trinajstić information content (AvgIpc) is 2.66. The Labute approximate surface area is 103 Å². The number of nitrogens with zero attached hydrogens (tertiary/aromatic N) is 1. The van der Waals surface area contributed by atoms with E-state index >= 15 is 0 Å². The van der Waals surface area contributed by atoms with E-state index in [1.165, 1.54) is 0 Å². The van der Waals surface area contributed by atoms with Crippen LogP contribution in [0, 0.1) is 0 Å². The van der Waals surface area contributed by atoms with E-state index in [9.17, 15) is 5.11 Å². The Morgan fingerprint density at radius 1 is 1.47 bits per heavy atom. The molecule has 84 valence electrons. The fraction of sp³-hybridized carbons (Fsp3) is 0.636. The van der Waals surface area contributed by atoms with Crippen LogP contribution < -0.4 is 0 Å². The van der Waals surface area contributed by atoms with E-state index in [4.69, 9.17) is 0 Å². The Morgan fingerprint density at radius 3 is 2.60 bits per heavy atom. The van der Waals surface area contributed by atoms with E-state index in [-0.39, 0.29) is 0 Å². The van der Waals surface area contributed by atoms with Gasteiger partial charge in [0.1, 0.15) is 0 Å². The van der Waals surface area contributed by atoms with Crippen molar-refractivity contribution in [3.8, 4) is 0 Å². The topological polar surface area (TPSA) is 23.5 Å². The second-order valence-corrected chi connectivity index (χ2v) is 5.70. The molecule has 1 fully saturated rings. The monoisotopic (exact) mass is 289 g/mol. The lowest BCUT2D eigenvalue weighted by atomic mass is 9.86. The lowest BCUT2D eigenvalue weighted by Crippen LogP contribution is -2.42. The lowest BCUT2D eigenvalue weighted by molar-refractivity contribution is -0.0249. The molecular weight excluding hydrogens is 274 g/mol. The maximum absolute atomic E-state index is 10.6. The fourth-order valence-corrected chi connectivity index (χ4v) is 3.88. The average molecular weight is 290 g/mol. The third-order valence-electron chi connectivity index (χ3n) is 3.25. The summed E-state index contributed by atoms with van der Waals surface area (Å²) in [7, 11) is 0. The van der Waals surface area contributed by atoms with Gasteiger partial charge in [-0.05, 0) is 40.7 Å². The summed E-state index contributed by atoms with van der Waals surface area (Å²) in [5.74, 6) is 0. The SMILES string of the molecule is CCN1CCC(O)(c2cscc2Br)CC1. The second-order valence-electron chi connectivity index (χ2n) is 4.10. The zero-order chi connectivity index (χ0) is 10.9. The number of rotatable bonds is 2. The molecule has 1 aromatic heterocycles. The lowest BCUT2D eigenvalue weighted by Gasteiger charge is -2.37. The summed E-state index contributed by atoms with van der Waals surface area (Å²) in [6.45, 7) is 5.25. The zero-order valence-electron chi connectivity index (χ0n) is 8.87. The number of aliphatic hydroxyl groups is 1. The molecule has 0 aromatic carbocycles. The standard InChI is InChI=1S/C11H16BrNOS/c1-2-13-5-3-11(14,4-6-13)9-7-15-8-10(9)12/h7-8,14H,2-6H2,1H3. The highest BCUT2D eigenvalue weighted by atomic mass is 79.9. The van der Waals surface area contributed by atoms with Crippen molar-refractivity contribution in [3.05, 3.63) is 20.8 Å². The van der Waals surface area contributed by atoms with Crippen molar-refractivity contribution in [3.63, 3.8) is 0 Å². The highest BCUT2D eigenvalue weighted by Gasteiger charge is 2.35. The molecule has 4 heteroatoms. The molecule has 0 saturated carbocycles. The van der Waals surface area contributed by atoms with Gasteiger partial charge in [0.25, 0.3) is 0 Å². The van der Waals surface area contributed by atoms with Gasteiger partial charge in [-0.2, -0.15) is 11.3 Å². The maximum Gasteiger partial charge on any atom is 0.0939 e. The minimum atomic E-state index is -0.607. The summed E-state index contributed by atoms with van der Waals surface area (Å²) in [6.07, 6.45) is 1.69. The molecule has 0 unspecified atom stereocenters. The molecule has 2 heterocycles. The van der Waals surface area contributed by atoms with Gasteiger partial charge in [0.15, 0.2) is 0 Å². The number of hydrogen-bond acceptors (Lipinski definition) is 3. The van der Waals surface area contributed by atoms with Gasteiger partial charge in [-0.15, -0.1) is 0 Å². The Kier molecular flexibility index (Phi) is 3.50. The van der Waals surface area contributed by atoms with Crippen molar-refractivity contribution in [2.24, 2.45) is 0 Å². The van der Waals surface area contributed by atoms with Gasteiger partial charge in [-0.25, -0.2) is 0 Å². The molecule has 15 heavy (non-hydrogen) atoms. The Morgan fingerprint density at radius 2 is 2.13 bits per heavy atom. The minimum absolute atomic E-state index is 0.607. The Bertz CT molecular complexity index is 331. The van der Waals surface area contributed by atoms with Crippen molar-refractivity contribution >= 4 is 27.3 Å². The van der Waals surface area contributed by atoms with E-state index in [0.29, 0.717) is 0 Å². The van der Waals surface area contributed by atoms with Crippen molar-refractivity contribution in [2.45, 2.75) is 25.4 Å². The first-order chi connectivity index (χ1) is 7.15. The number of piperidine rings is 1. The molecule has 0 bridgehead atoms. The molecule has 0 radical (unpaired) electrons. The molecule has 0 atom stereocenters. The van der Waals surface area contributed by atoms with Crippen LogP contribution in [0.1, 0.15) is 25.3 Å². The van der Waals surface area contributed by atoms with Crippen LogP contribution in [0.25, 0.3) is 0 Å². The molecule has 2 nitrogen and oxygen atoms in total. The zero-order valence-corrected chi connectivity index (χ0v) is 11.3. The van der Waals surface area contributed by atoms with Gasteiger partial charge in [0.2, 0.25) is 0 Å². The quantitative estimate of drug-likeness (QED) is 0.905. The first kappa shape index (κ1) is 11.6. The van der Waals surface area contributed by atoms with Crippen molar-refractivity contribution < 1.29 is 5.11 Å². The molecule has 1 aliphatic heterocycles. The summed E-state index contributed by atoms with van der Waals surface area (Å²) in [6, 6.07) is 0. The normalized spacial score (nSPS) is 21.8. The highest BCUT2D eigenvalue weighted by Crippen LogP contribution is 2.38. The van der Waals surface area contributed by atoms with Crippen molar-refractivity contribution in [1.29, 1.82) is 0 Å². The first-order valence-electron chi connectivity index (χ1n) is 5.32. The predicted octanol–water partition coefficient (Wildman–Crippen LogP) is 2.81. The third kappa shape index (κ3) is 2.28. The Hall–Kier alpha value is 0.100. The van der Waals surface area contributed by atoms with Crippen LogP contribution in [0.15, 0.2) is 15.2 Å². The van der Waals surface area contributed by atoms with Gasteiger partial charge < -0.3 is 10.0 Å². The van der Waals surface area contributed by atoms with Gasteiger partial charge in [-0.3, -0.25) is 0 Å². The van der Waals surface area contributed by atoms with E-state index in [0.717, 1.165) is 42.5 Å². The second kappa shape index (κ2) is 4.53. The molecule has 1 aliphatic rings. The maximum atomic E-state index is 10.6. The van der Waals surface area contributed by atoms with Crippen LogP contribution >= 0.6 is 27.3 Å². The highest BCUT2D eigenvalue weighted by molar-refractivity contribution is 9.10. The Balaban J connectivity index is 2.13. The van der Waals surface area contributed by atoms with Crippen molar-refractivity contribution in [1.82, 2.24) is 4.90 Å². The van der Waals surface area contributed by atoms with Crippen LogP contribution in [0.3, 0.4) is 0 Å². The van der Waals surface area contributed by atoms with Gasteiger partial charge in [-0.1, -0.05) is 6.92 Å². The molecule has 1 aromatic rings. The molecule has 0 aliphatic carbocycles.